The van der Waals surface area contributed by atoms with Crippen LogP contribution in [0.25, 0.3) is 0 Å². The molecule has 1 N–H and O–H groups in total. The van der Waals surface area contributed by atoms with Crippen LogP contribution in [0.5, 0.6) is 0 Å². The topological polar surface area (TPSA) is 55.1 Å². The molecule has 0 aliphatic carbocycles. The third-order valence-corrected chi connectivity index (χ3v) is 4.74. The van der Waals surface area contributed by atoms with Gasteiger partial charge in [-0.25, -0.2) is 0 Å². The van der Waals surface area contributed by atoms with E-state index in [1.807, 2.05) is 20.9 Å². The Kier molecular flexibility index (Phi) is 4.86. The van der Waals surface area contributed by atoms with Gasteiger partial charge in [0, 0.05) is 12.8 Å². The van der Waals surface area contributed by atoms with Crippen molar-refractivity contribution < 1.29 is 9.90 Å². The third kappa shape index (κ3) is 3.01. The van der Waals surface area contributed by atoms with Crippen molar-refractivity contribution in [1.29, 1.82) is 0 Å². The molecule has 1 heterocycles. The van der Waals surface area contributed by atoms with Crippen LogP contribution in [0.2, 0.25) is 0 Å². The van der Waals surface area contributed by atoms with Gasteiger partial charge < -0.3 is 5.11 Å². The fourth-order valence-corrected chi connectivity index (χ4v) is 3.11. The van der Waals surface area contributed by atoms with Crippen molar-refractivity contribution in [3.63, 3.8) is 0 Å². The molecule has 0 amide bonds. The Bertz CT molecular complexity index is 392. The average molecular weight is 307 g/mol. The lowest BCUT2D eigenvalue weighted by molar-refractivity contribution is -0.136. The summed E-state index contributed by atoms with van der Waals surface area (Å²) in [7, 11) is 1.87. The average Bonchev–Trinajstić information content (AvgIpc) is 2.44. The van der Waals surface area contributed by atoms with E-state index in [9.17, 15) is 4.79 Å². The zero-order valence-corrected chi connectivity index (χ0v) is 11.9. The Labute approximate surface area is 108 Å². The summed E-state index contributed by atoms with van der Waals surface area (Å²) in [5.41, 5.74) is 1.96. The van der Waals surface area contributed by atoms with Crippen LogP contribution < -0.4 is 0 Å². The highest BCUT2D eigenvalue weighted by molar-refractivity contribution is 9.10. The minimum atomic E-state index is -0.748. The summed E-state index contributed by atoms with van der Waals surface area (Å²) in [5.74, 6) is -0.0922. The van der Waals surface area contributed by atoms with E-state index in [4.69, 9.17) is 5.11 Å². The molecule has 4 nitrogen and oxygen atoms in total. The van der Waals surface area contributed by atoms with Gasteiger partial charge in [0.05, 0.1) is 15.9 Å². The zero-order chi connectivity index (χ0) is 12.3. The van der Waals surface area contributed by atoms with Crippen LogP contribution in [0, 0.1) is 6.92 Å². The van der Waals surface area contributed by atoms with Crippen LogP contribution in [0.15, 0.2) is 4.47 Å². The predicted octanol–water partition coefficient (Wildman–Crippen LogP) is 2.59. The van der Waals surface area contributed by atoms with Crippen LogP contribution >= 0.6 is 27.7 Å². The number of carbonyl (C=O) groups is 1. The highest BCUT2D eigenvalue weighted by Crippen LogP contribution is 2.27. The lowest BCUT2D eigenvalue weighted by Gasteiger charge is -2.09. The number of nitrogens with zero attached hydrogens (tertiary/aromatic N) is 2. The number of thioether (sulfide) groups is 1. The highest BCUT2D eigenvalue weighted by atomic mass is 79.9. The van der Waals surface area contributed by atoms with E-state index in [1.165, 1.54) is 11.8 Å². The van der Waals surface area contributed by atoms with Gasteiger partial charge in [-0.2, -0.15) is 5.10 Å². The van der Waals surface area contributed by atoms with Gasteiger partial charge in [0.15, 0.2) is 0 Å². The summed E-state index contributed by atoms with van der Waals surface area (Å²) in [4.78, 5) is 10.9. The molecule has 1 aromatic rings. The molecular formula is C10H15BrN2O2S. The molecule has 90 valence electrons. The summed E-state index contributed by atoms with van der Waals surface area (Å²) in [6.07, 6.45) is 0.633. The molecule has 1 aromatic heterocycles. The number of rotatable bonds is 5. The SMILES string of the molecule is CCC(SCc1c(Br)c(C)nn1C)C(=O)O. The molecule has 1 atom stereocenters. The first-order valence-corrected chi connectivity index (χ1v) is 6.83. The maximum Gasteiger partial charge on any atom is 0.316 e. The molecule has 0 aromatic carbocycles. The predicted molar refractivity (Wildman–Crippen MR) is 68.7 cm³/mol. The molecule has 0 saturated heterocycles. The van der Waals surface area contributed by atoms with E-state index in [2.05, 4.69) is 21.0 Å². The van der Waals surface area contributed by atoms with Crippen molar-refractivity contribution in [1.82, 2.24) is 9.78 Å². The number of carboxylic acid groups (broad SMARTS) is 1. The van der Waals surface area contributed by atoms with Gasteiger partial charge in [-0.1, -0.05) is 6.92 Å². The summed E-state index contributed by atoms with van der Waals surface area (Å²) in [5, 5.41) is 12.9. The van der Waals surface area contributed by atoms with E-state index in [0.717, 1.165) is 15.9 Å². The number of hydrogen-bond acceptors (Lipinski definition) is 3. The molecule has 16 heavy (non-hydrogen) atoms. The number of aryl methyl sites for hydroxylation is 2. The van der Waals surface area contributed by atoms with Gasteiger partial charge in [0.1, 0.15) is 5.25 Å². The molecule has 0 fully saturated rings. The van der Waals surface area contributed by atoms with E-state index in [1.54, 1.807) is 4.68 Å². The van der Waals surface area contributed by atoms with E-state index >= 15 is 0 Å². The number of aromatic nitrogens is 2. The fourth-order valence-electron chi connectivity index (χ4n) is 1.38. The van der Waals surface area contributed by atoms with Gasteiger partial charge in [-0.15, -0.1) is 11.8 Å². The Morgan fingerprint density at radius 3 is 2.69 bits per heavy atom. The van der Waals surface area contributed by atoms with Gasteiger partial charge >= 0.3 is 5.97 Å². The lowest BCUT2D eigenvalue weighted by Crippen LogP contribution is -2.15. The van der Waals surface area contributed by atoms with Crippen LogP contribution in [0.4, 0.5) is 0 Å². The maximum absolute atomic E-state index is 10.9. The molecule has 0 radical (unpaired) electrons. The Morgan fingerprint density at radius 1 is 1.69 bits per heavy atom. The maximum atomic E-state index is 10.9. The Morgan fingerprint density at radius 2 is 2.31 bits per heavy atom. The van der Waals surface area contributed by atoms with Crippen LogP contribution in [0.1, 0.15) is 24.7 Å². The largest absolute Gasteiger partial charge is 0.480 e. The second-order valence-corrected chi connectivity index (χ2v) is 5.50. The number of hydrogen-bond donors (Lipinski definition) is 1. The molecule has 0 spiro atoms. The Balaban J connectivity index is 2.70. The minimum Gasteiger partial charge on any atom is -0.480 e. The quantitative estimate of drug-likeness (QED) is 0.908. The second-order valence-electron chi connectivity index (χ2n) is 3.52. The molecule has 1 rings (SSSR count). The highest BCUT2D eigenvalue weighted by Gasteiger charge is 2.18. The lowest BCUT2D eigenvalue weighted by atomic mass is 10.3. The number of carboxylic acids is 1. The second kappa shape index (κ2) is 5.72. The van der Waals surface area contributed by atoms with Gasteiger partial charge in [0.25, 0.3) is 0 Å². The van der Waals surface area contributed by atoms with Crippen molar-refractivity contribution in [3.8, 4) is 0 Å². The smallest absolute Gasteiger partial charge is 0.316 e. The van der Waals surface area contributed by atoms with Crippen LogP contribution in [-0.2, 0) is 17.6 Å². The number of aliphatic carboxylic acids is 1. The number of halogens is 1. The van der Waals surface area contributed by atoms with Gasteiger partial charge in [-0.05, 0) is 29.3 Å². The van der Waals surface area contributed by atoms with Gasteiger partial charge in [0.2, 0.25) is 0 Å². The van der Waals surface area contributed by atoms with E-state index in [-0.39, 0.29) is 5.25 Å². The van der Waals surface area contributed by atoms with Crippen molar-refractivity contribution in [2.45, 2.75) is 31.3 Å². The zero-order valence-electron chi connectivity index (χ0n) is 9.53. The fraction of sp³-hybridized carbons (Fsp3) is 0.600. The Hall–Kier alpha value is -0.490. The summed E-state index contributed by atoms with van der Waals surface area (Å²) < 4.78 is 2.77. The van der Waals surface area contributed by atoms with Crippen molar-refractivity contribution >= 4 is 33.7 Å². The normalized spacial score (nSPS) is 12.8. The first kappa shape index (κ1) is 13.6. The molecule has 0 aliphatic rings. The van der Waals surface area contributed by atoms with Crippen molar-refractivity contribution in [2.24, 2.45) is 7.05 Å². The molecular weight excluding hydrogens is 292 g/mol. The minimum absolute atomic E-state index is 0.345. The molecule has 1 unspecified atom stereocenters. The standard InChI is InChI=1S/C10H15BrN2O2S/c1-4-8(10(14)15)16-5-7-9(11)6(2)12-13(7)3/h8H,4-5H2,1-3H3,(H,14,15). The summed E-state index contributed by atoms with van der Waals surface area (Å²) >= 11 is 4.90. The van der Waals surface area contributed by atoms with Crippen LogP contribution in [-0.4, -0.2) is 26.1 Å². The first-order valence-electron chi connectivity index (χ1n) is 4.99. The van der Waals surface area contributed by atoms with Gasteiger partial charge in [-0.3, -0.25) is 9.48 Å². The van der Waals surface area contributed by atoms with E-state index in [0.29, 0.717) is 12.2 Å². The monoisotopic (exact) mass is 306 g/mol. The summed E-state index contributed by atoms with van der Waals surface area (Å²) in [6.45, 7) is 3.81. The first-order chi connectivity index (χ1) is 7.47. The molecule has 6 heteroatoms. The molecule has 0 aliphatic heterocycles. The molecule has 0 bridgehead atoms. The van der Waals surface area contributed by atoms with Crippen LogP contribution in [0.3, 0.4) is 0 Å². The third-order valence-electron chi connectivity index (χ3n) is 2.33. The van der Waals surface area contributed by atoms with Crippen molar-refractivity contribution in [2.75, 3.05) is 0 Å². The molecule has 0 saturated carbocycles. The van der Waals surface area contributed by atoms with E-state index < -0.39 is 5.97 Å². The van der Waals surface area contributed by atoms with Crippen molar-refractivity contribution in [3.05, 3.63) is 15.9 Å². The summed E-state index contributed by atoms with van der Waals surface area (Å²) in [6, 6.07) is 0.